The molecule has 0 saturated heterocycles. The summed E-state index contributed by atoms with van der Waals surface area (Å²) in [4.78, 5) is 36.7. The molecule has 3 rings (SSSR count). The van der Waals surface area contributed by atoms with Crippen LogP contribution >= 0.6 is 0 Å². The molecule has 172 valence electrons. The van der Waals surface area contributed by atoms with Crippen molar-refractivity contribution < 1.29 is 27.5 Å². The van der Waals surface area contributed by atoms with Crippen molar-refractivity contribution in [3.05, 3.63) is 87.3 Å². The minimum Gasteiger partial charge on any atom is -0.451 e. The van der Waals surface area contributed by atoms with Crippen molar-refractivity contribution >= 4 is 17.6 Å². The van der Waals surface area contributed by atoms with Gasteiger partial charge in [0.25, 0.3) is 5.91 Å². The van der Waals surface area contributed by atoms with Gasteiger partial charge in [0.2, 0.25) is 11.1 Å². The Morgan fingerprint density at radius 3 is 2.42 bits per heavy atom. The van der Waals surface area contributed by atoms with Gasteiger partial charge in [-0.15, -0.1) is 0 Å². The zero-order valence-corrected chi connectivity index (χ0v) is 17.8. The number of esters is 1. The smallest absolute Gasteiger partial charge is 0.416 e. The van der Waals surface area contributed by atoms with Crippen LogP contribution in [0.15, 0.2) is 59.4 Å². The topological polar surface area (TPSA) is 90.3 Å². The maximum atomic E-state index is 13.0. The fourth-order valence-corrected chi connectivity index (χ4v) is 2.98. The van der Waals surface area contributed by atoms with Crippen molar-refractivity contribution in [3.63, 3.8) is 0 Å². The van der Waals surface area contributed by atoms with Crippen LogP contribution in [0.1, 0.15) is 34.2 Å². The number of ether oxygens (including phenoxy) is 1. The maximum Gasteiger partial charge on any atom is 0.416 e. The van der Waals surface area contributed by atoms with Crippen LogP contribution in [0.25, 0.3) is 5.69 Å². The van der Waals surface area contributed by atoms with E-state index < -0.39 is 41.3 Å². The molecule has 0 aliphatic rings. The molecular weight excluding hydrogens is 439 g/mol. The molecule has 0 atom stereocenters. The summed E-state index contributed by atoms with van der Waals surface area (Å²) in [6.45, 7) is 2.78. The number of halogens is 3. The summed E-state index contributed by atoms with van der Waals surface area (Å²) in [7, 11) is 0. The first-order valence-electron chi connectivity index (χ1n) is 9.93. The summed E-state index contributed by atoms with van der Waals surface area (Å²) in [5, 5.41) is 6.43. The lowest BCUT2D eigenvalue weighted by Crippen LogP contribution is -2.27. The van der Waals surface area contributed by atoms with Crippen LogP contribution in [0.2, 0.25) is 0 Å². The number of amides is 1. The van der Waals surface area contributed by atoms with Gasteiger partial charge in [-0.1, -0.05) is 25.1 Å². The van der Waals surface area contributed by atoms with E-state index in [0.29, 0.717) is 5.69 Å². The van der Waals surface area contributed by atoms with Crippen molar-refractivity contribution in [3.8, 4) is 5.69 Å². The molecule has 0 aliphatic heterocycles. The van der Waals surface area contributed by atoms with Gasteiger partial charge >= 0.3 is 12.1 Å². The van der Waals surface area contributed by atoms with Crippen molar-refractivity contribution in [1.29, 1.82) is 0 Å². The number of nitrogens with one attached hydrogen (secondary N) is 1. The third-order valence-corrected chi connectivity index (χ3v) is 4.70. The summed E-state index contributed by atoms with van der Waals surface area (Å²) in [5.41, 5.74) is -0.536. The largest absolute Gasteiger partial charge is 0.451 e. The zero-order valence-electron chi connectivity index (χ0n) is 17.8. The number of aryl methyl sites for hydroxylation is 2. The number of benzene rings is 2. The first-order valence-corrected chi connectivity index (χ1v) is 9.93. The second kappa shape index (κ2) is 9.68. The Morgan fingerprint density at radius 1 is 1.09 bits per heavy atom. The van der Waals surface area contributed by atoms with Crippen LogP contribution in [0.3, 0.4) is 0 Å². The number of carbonyl (C=O) groups excluding carboxylic acids is 2. The van der Waals surface area contributed by atoms with Crippen LogP contribution in [-0.2, 0) is 22.1 Å². The van der Waals surface area contributed by atoms with Gasteiger partial charge in [-0.05, 0) is 49.2 Å². The summed E-state index contributed by atoms with van der Waals surface area (Å²) >= 11 is 0. The first-order chi connectivity index (χ1) is 15.6. The third-order valence-electron chi connectivity index (χ3n) is 4.70. The zero-order chi connectivity index (χ0) is 24.2. The molecule has 2 aromatic carbocycles. The Balaban J connectivity index is 1.75. The number of anilines is 1. The van der Waals surface area contributed by atoms with E-state index in [0.717, 1.165) is 34.9 Å². The average molecular weight is 459 g/mol. The van der Waals surface area contributed by atoms with Crippen LogP contribution in [0, 0.1) is 6.92 Å². The quantitative estimate of drug-likeness (QED) is 0.565. The van der Waals surface area contributed by atoms with Gasteiger partial charge in [0.05, 0.1) is 11.3 Å². The van der Waals surface area contributed by atoms with Crippen LogP contribution in [0.5, 0.6) is 0 Å². The number of carbonyl (C=O) groups is 2. The number of aromatic nitrogens is 2. The highest BCUT2D eigenvalue weighted by Gasteiger charge is 2.30. The number of nitrogens with zero attached hydrogens (tertiary/aromatic N) is 2. The fourth-order valence-electron chi connectivity index (χ4n) is 2.98. The minimum absolute atomic E-state index is 0.00430. The Bertz CT molecular complexity index is 1230. The van der Waals surface area contributed by atoms with E-state index in [-0.39, 0.29) is 11.4 Å². The maximum absolute atomic E-state index is 13.0. The molecule has 10 heteroatoms. The van der Waals surface area contributed by atoms with Crippen molar-refractivity contribution in [2.75, 3.05) is 11.9 Å². The highest BCUT2D eigenvalue weighted by molar-refractivity contribution is 5.94. The number of hydrogen-bond acceptors (Lipinski definition) is 5. The second-order valence-corrected chi connectivity index (χ2v) is 7.13. The van der Waals surface area contributed by atoms with Gasteiger partial charge in [0.1, 0.15) is 0 Å². The number of rotatable bonds is 6. The lowest BCUT2D eigenvalue weighted by Gasteiger charge is -2.13. The van der Waals surface area contributed by atoms with Gasteiger partial charge < -0.3 is 10.1 Å². The standard InChI is InChI=1S/C23H20F3N3O4/c1-3-15-7-9-17(10-8-15)27-20(31)13-33-22(32)21-19(30)11-14(2)29(28-21)18-6-4-5-16(12-18)23(24,25)26/h4-12H,3,13H2,1-2H3,(H,27,31). The molecule has 1 aromatic heterocycles. The molecule has 0 fully saturated rings. The molecule has 1 heterocycles. The Morgan fingerprint density at radius 2 is 1.79 bits per heavy atom. The SMILES string of the molecule is CCc1ccc(NC(=O)COC(=O)c2nn(-c3cccc(C(F)(F)F)c3)c(C)cc2=O)cc1. The van der Waals surface area contributed by atoms with Crippen LogP contribution in [0.4, 0.5) is 18.9 Å². The second-order valence-electron chi connectivity index (χ2n) is 7.13. The first kappa shape index (κ1) is 23.7. The molecule has 7 nitrogen and oxygen atoms in total. The summed E-state index contributed by atoms with van der Waals surface area (Å²) in [5.74, 6) is -1.80. The molecule has 3 aromatic rings. The Kier molecular flexibility index (Phi) is 6.95. The molecular formula is C23H20F3N3O4. The highest BCUT2D eigenvalue weighted by Crippen LogP contribution is 2.30. The van der Waals surface area contributed by atoms with Crippen molar-refractivity contribution in [2.45, 2.75) is 26.4 Å². The van der Waals surface area contributed by atoms with Gasteiger partial charge in [0, 0.05) is 17.4 Å². The van der Waals surface area contributed by atoms with Gasteiger partial charge in [-0.25, -0.2) is 9.48 Å². The Hall–Kier alpha value is -3.95. The van der Waals surface area contributed by atoms with E-state index in [4.69, 9.17) is 4.74 Å². The summed E-state index contributed by atoms with van der Waals surface area (Å²) < 4.78 is 45.0. The van der Waals surface area contributed by atoms with Gasteiger partial charge in [-0.3, -0.25) is 9.59 Å². The number of alkyl halides is 3. The van der Waals surface area contributed by atoms with Gasteiger partial charge in [-0.2, -0.15) is 18.3 Å². The monoisotopic (exact) mass is 459 g/mol. The normalized spacial score (nSPS) is 11.2. The molecule has 0 radical (unpaired) electrons. The van der Waals surface area contributed by atoms with E-state index in [1.165, 1.54) is 19.1 Å². The molecule has 0 spiro atoms. The molecule has 1 N–H and O–H groups in total. The van der Waals surface area contributed by atoms with Crippen molar-refractivity contribution in [2.24, 2.45) is 0 Å². The number of hydrogen-bond donors (Lipinski definition) is 1. The lowest BCUT2D eigenvalue weighted by atomic mass is 10.1. The predicted molar refractivity (Wildman–Crippen MR) is 114 cm³/mol. The molecule has 0 unspecified atom stereocenters. The third kappa shape index (κ3) is 5.85. The van der Waals surface area contributed by atoms with E-state index in [2.05, 4.69) is 10.4 Å². The lowest BCUT2D eigenvalue weighted by molar-refractivity contribution is -0.137. The highest BCUT2D eigenvalue weighted by atomic mass is 19.4. The molecule has 0 saturated carbocycles. The Labute approximate surface area is 186 Å². The summed E-state index contributed by atoms with van der Waals surface area (Å²) in [6, 6.07) is 12.4. The van der Waals surface area contributed by atoms with Gasteiger partial charge in [0.15, 0.2) is 6.61 Å². The van der Waals surface area contributed by atoms with E-state index in [9.17, 15) is 27.6 Å². The fraction of sp³-hybridized carbons (Fsp3) is 0.217. The minimum atomic E-state index is -4.57. The molecule has 1 amide bonds. The molecule has 0 bridgehead atoms. The van der Waals surface area contributed by atoms with Crippen molar-refractivity contribution in [1.82, 2.24) is 9.78 Å². The van der Waals surface area contributed by atoms with Crippen LogP contribution < -0.4 is 10.7 Å². The van der Waals surface area contributed by atoms with E-state index >= 15 is 0 Å². The predicted octanol–water partition coefficient (Wildman–Crippen LogP) is 3.92. The molecule has 0 aliphatic carbocycles. The molecule has 33 heavy (non-hydrogen) atoms. The average Bonchev–Trinajstić information content (AvgIpc) is 2.77. The van der Waals surface area contributed by atoms with E-state index in [1.807, 2.05) is 19.1 Å². The summed E-state index contributed by atoms with van der Waals surface area (Å²) in [6.07, 6.45) is -3.73. The van der Waals surface area contributed by atoms with E-state index in [1.54, 1.807) is 12.1 Å². The van der Waals surface area contributed by atoms with Crippen LogP contribution in [-0.4, -0.2) is 28.3 Å².